The third kappa shape index (κ3) is 5.49. The van der Waals surface area contributed by atoms with Crippen LogP contribution in [0.25, 0.3) is 0 Å². The minimum Gasteiger partial charge on any atom is -1.00 e. The Kier molecular flexibility index (Phi) is 8.47. The second-order valence-corrected chi connectivity index (χ2v) is 10.3. The molecule has 136 valence electrons. The first-order chi connectivity index (χ1) is 12.3. The molecule has 0 N–H and O–H groups in total. The molecule has 3 nitrogen and oxygen atoms in total. The van der Waals surface area contributed by atoms with Gasteiger partial charge in [-0.3, -0.25) is 0 Å². The van der Waals surface area contributed by atoms with Crippen LogP contribution >= 0.6 is 0 Å². The first kappa shape index (κ1) is 20.8. The van der Waals surface area contributed by atoms with Crippen molar-refractivity contribution in [3.05, 3.63) is 84.4 Å². The Balaban J connectivity index is 0.00000243. The SMILES string of the molecule is COc1ccc([Te+](OCc2ccccc2)c2ccc(OC)cc2)cc1.[Br-]. The van der Waals surface area contributed by atoms with Gasteiger partial charge < -0.3 is 17.0 Å². The Hall–Kier alpha value is -1.51. The van der Waals surface area contributed by atoms with Crippen molar-refractivity contribution < 1.29 is 29.6 Å². The normalized spacial score (nSPS) is 10.3. The summed E-state index contributed by atoms with van der Waals surface area (Å²) in [6, 6.07) is 26.8. The fourth-order valence-corrected chi connectivity index (χ4v) is 6.84. The smallest absolute Gasteiger partial charge is 1.00 e. The molecule has 3 aromatic carbocycles. The van der Waals surface area contributed by atoms with E-state index in [0.29, 0.717) is 6.61 Å². The largest absolute Gasteiger partial charge is 1.00 e. The third-order valence-corrected chi connectivity index (χ3v) is 8.74. The Labute approximate surface area is 172 Å². The van der Waals surface area contributed by atoms with E-state index in [1.165, 1.54) is 12.8 Å². The Bertz CT molecular complexity index is 729. The number of rotatable bonds is 7. The molecule has 0 aliphatic carbocycles. The van der Waals surface area contributed by atoms with Crippen molar-refractivity contribution in [3.63, 3.8) is 0 Å². The van der Waals surface area contributed by atoms with Gasteiger partial charge in [0.15, 0.2) is 0 Å². The summed E-state index contributed by atoms with van der Waals surface area (Å²) in [5.74, 6) is 1.72. The van der Waals surface area contributed by atoms with Gasteiger partial charge in [-0.15, -0.1) is 0 Å². The van der Waals surface area contributed by atoms with Gasteiger partial charge in [0.1, 0.15) is 0 Å². The van der Waals surface area contributed by atoms with Gasteiger partial charge in [0.2, 0.25) is 0 Å². The van der Waals surface area contributed by atoms with Crippen LogP contribution in [0.4, 0.5) is 0 Å². The molecule has 0 fully saturated rings. The number of hydrogen-bond acceptors (Lipinski definition) is 3. The van der Waals surface area contributed by atoms with E-state index in [9.17, 15) is 0 Å². The van der Waals surface area contributed by atoms with E-state index < -0.39 is 20.0 Å². The average Bonchev–Trinajstić information content (AvgIpc) is 2.70. The standard InChI is InChI=1S/C21H21O3Te.BrH/c1-22-18-8-12-20(13-9-18)25(21-14-10-19(23-2)11-15-21)24-16-17-6-4-3-5-7-17;/h3-15H,16H2,1-2H3;1H/q+1;/p-1. The van der Waals surface area contributed by atoms with Crippen LogP contribution in [-0.2, 0) is 9.71 Å². The third-order valence-electron chi connectivity index (χ3n) is 3.73. The Morgan fingerprint density at radius 2 is 1.12 bits per heavy atom. The monoisotopic (exact) mass is 530 g/mol. The maximum Gasteiger partial charge on any atom is -1.00 e. The molecule has 0 radical (unpaired) electrons. The molecular formula is C21H21BrO3Te. The van der Waals surface area contributed by atoms with Crippen LogP contribution < -0.4 is 33.7 Å². The molecule has 0 aliphatic heterocycles. The quantitative estimate of drug-likeness (QED) is 0.405. The van der Waals surface area contributed by atoms with Crippen LogP contribution in [0.3, 0.4) is 0 Å². The average molecular weight is 529 g/mol. The van der Waals surface area contributed by atoms with Crippen molar-refractivity contribution in [1.82, 2.24) is 0 Å². The maximum absolute atomic E-state index is 6.44. The Morgan fingerprint density at radius 1 is 0.654 bits per heavy atom. The number of ether oxygens (including phenoxy) is 2. The predicted molar refractivity (Wildman–Crippen MR) is 102 cm³/mol. The summed E-state index contributed by atoms with van der Waals surface area (Å²) < 4.78 is 19.5. The van der Waals surface area contributed by atoms with Gasteiger partial charge in [0.25, 0.3) is 0 Å². The van der Waals surface area contributed by atoms with Crippen LogP contribution in [0, 0.1) is 0 Å². The van der Waals surface area contributed by atoms with Gasteiger partial charge in [-0.05, 0) is 0 Å². The van der Waals surface area contributed by atoms with E-state index in [0.717, 1.165) is 11.5 Å². The number of hydrogen-bond donors (Lipinski definition) is 0. The summed E-state index contributed by atoms with van der Waals surface area (Å²) in [4.78, 5) is 0. The summed E-state index contributed by atoms with van der Waals surface area (Å²) in [6.07, 6.45) is 0. The van der Waals surface area contributed by atoms with Crippen LogP contribution in [0.2, 0.25) is 0 Å². The molecule has 0 heterocycles. The van der Waals surface area contributed by atoms with Gasteiger partial charge in [-0.1, -0.05) is 0 Å². The summed E-state index contributed by atoms with van der Waals surface area (Å²) >= 11 is -2.16. The molecule has 0 amide bonds. The first-order valence-corrected chi connectivity index (χ1v) is 11.3. The predicted octanol–water partition coefficient (Wildman–Crippen LogP) is 0.0303. The summed E-state index contributed by atoms with van der Waals surface area (Å²) in [5.41, 5.74) is 1.19. The summed E-state index contributed by atoms with van der Waals surface area (Å²) in [7, 11) is 3.36. The topological polar surface area (TPSA) is 27.7 Å². The van der Waals surface area contributed by atoms with Crippen molar-refractivity contribution >= 4 is 27.2 Å². The number of benzene rings is 3. The molecule has 0 aliphatic rings. The van der Waals surface area contributed by atoms with Crippen LogP contribution in [0.5, 0.6) is 11.5 Å². The second-order valence-electron chi connectivity index (χ2n) is 5.37. The van der Waals surface area contributed by atoms with E-state index in [-0.39, 0.29) is 17.0 Å². The molecular weight excluding hydrogens is 508 g/mol. The molecule has 0 spiro atoms. The molecule has 0 bridgehead atoms. The van der Waals surface area contributed by atoms with Crippen LogP contribution in [0.15, 0.2) is 78.9 Å². The number of methoxy groups -OCH3 is 2. The van der Waals surface area contributed by atoms with Crippen molar-refractivity contribution in [2.24, 2.45) is 0 Å². The zero-order valence-corrected chi connectivity index (χ0v) is 18.6. The molecule has 5 heteroatoms. The number of halogens is 1. The van der Waals surface area contributed by atoms with Gasteiger partial charge in [0.05, 0.1) is 0 Å². The van der Waals surface area contributed by atoms with Gasteiger partial charge in [0, 0.05) is 0 Å². The van der Waals surface area contributed by atoms with Gasteiger partial charge >= 0.3 is 157 Å². The Morgan fingerprint density at radius 3 is 1.54 bits per heavy atom. The molecule has 0 unspecified atom stereocenters. The molecule has 26 heavy (non-hydrogen) atoms. The maximum atomic E-state index is 6.44. The van der Waals surface area contributed by atoms with Crippen LogP contribution in [-0.4, -0.2) is 34.2 Å². The molecule has 0 saturated heterocycles. The van der Waals surface area contributed by atoms with E-state index >= 15 is 0 Å². The summed E-state index contributed by atoms with van der Waals surface area (Å²) in [6.45, 7) is 0.621. The molecule has 0 saturated carbocycles. The zero-order chi connectivity index (χ0) is 17.5. The molecule has 0 aromatic heterocycles. The van der Waals surface area contributed by atoms with Crippen molar-refractivity contribution in [1.29, 1.82) is 0 Å². The minimum absolute atomic E-state index is 0. The van der Waals surface area contributed by atoms with E-state index in [2.05, 4.69) is 36.4 Å². The fraction of sp³-hybridized carbons (Fsp3) is 0.143. The van der Waals surface area contributed by atoms with Gasteiger partial charge in [-0.25, -0.2) is 0 Å². The molecule has 0 atom stereocenters. The van der Waals surface area contributed by atoms with E-state index in [4.69, 9.17) is 12.6 Å². The van der Waals surface area contributed by atoms with Crippen molar-refractivity contribution in [2.75, 3.05) is 14.2 Å². The van der Waals surface area contributed by atoms with Gasteiger partial charge in [-0.2, -0.15) is 0 Å². The zero-order valence-electron chi connectivity index (χ0n) is 14.7. The fourth-order valence-electron chi connectivity index (χ4n) is 2.37. The van der Waals surface area contributed by atoms with E-state index in [1.54, 1.807) is 14.2 Å². The molecule has 3 aromatic rings. The molecule has 3 rings (SSSR count). The summed E-state index contributed by atoms with van der Waals surface area (Å²) in [5, 5.41) is 0. The van der Waals surface area contributed by atoms with Crippen molar-refractivity contribution in [2.45, 2.75) is 6.61 Å². The van der Waals surface area contributed by atoms with Crippen LogP contribution in [0.1, 0.15) is 5.56 Å². The first-order valence-electron chi connectivity index (χ1n) is 8.00. The van der Waals surface area contributed by atoms with Crippen molar-refractivity contribution in [3.8, 4) is 11.5 Å². The minimum atomic E-state index is -2.16. The second kappa shape index (κ2) is 10.6. The van der Waals surface area contributed by atoms with E-state index in [1.807, 2.05) is 42.5 Å².